The number of hydrogen-bond donors (Lipinski definition) is 0. The monoisotopic (exact) mass is 402 g/mol. The minimum Gasteiger partial charge on any atom is -0.203 e. The Labute approximate surface area is 154 Å². The third-order valence-corrected chi connectivity index (χ3v) is 4.30. The fraction of sp³-hybridized carbons (Fsp3) is 0.100. The van der Waals surface area contributed by atoms with Crippen molar-refractivity contribution in [1.82, 2.24) is 0 Å². The Morgan fingerprint density at radius 2 is 0.893 bits per heavy atom. The minimum atomic E-state index is -2.18. The molecule has 0 nitrogen and oxygen atoms in total. The highest BCUT2D eigenvalue weighted by Gasteiger charge is 2.33. The first-order valence-electron chi connectivity index (χ1n) is 7.83. The largest absolute Gasteiger partial charge is 0.203 e. The first kappa shape index (κ1) is 19.9. The molecule has 0 N–H and O–H groups in total. The summed E-state index contributed by atoms with van der Waals surface area (Å²) in [5.74, 6) is -16.5. The predicted molar refractivity (Wildman–Crippen MR) is 86.5 cm³/mol. The van der Waals surface area contributed by atoms with Crippen molar-refractivity contribution in [2.24, 2.45) is 0 Å². The molecule has 0 saturated heterocycles. The van der Waals surface area contributed by atoms with Crippen LogP contribution in [0.2, 0.25) is 0 Å². The predicted octanol–water partition coefficient (Wildman–Crippen LogP) is 6.75. The van der Waals surface area contributed by atoms with Crippen LogP contribution in [0, 0.1) is 60.4 Å². The molecular formula is C20H10F8. The van der Waals surface area contributed by atoms with Crippen molar-refractivity contribution in [3.63, 3.8) is 0 Å². The van der Waals surface area contributed by atoms with Crippen LogP contribution in [-0.2, 0) is 0 Å². The smallest absolute Gasteiger partial charge is 0.170 e. The van der Waals surface area contributed by atoms with E-state index in [2.05, 4.69) is 0 Å². The van der Waals surface area contributed by atoms with Crippen LogP contribution in [0.25, 0.3) is 22.3 Å². The maximum absolute atomic E-state index is 14.5. The highest BCUT2D eigenvalue weighted by molar-refractivity contribution is 5.74. The molecule has 3 aromatic rings. The quantitative estimate of drug-likeness (QED) is 0.329. The van der Waals surface area contributed by atoms with E-state index in [9.17, 15) is 35.1 Å². The zero-order valence-corrected chi connectivity index (χ0v) is 14.3. The lowest BCUT2D eigenvalue weighted by Gasteiger charge is -2.15. The van der Waals surface area contributed by atoms with Crippen LogP contribution in [0.5, 0.6) is 0 Å². The molecule has 8 heteroatoms. The Kier molecular flexibility index (Phi) is 4.91. The van der Waals surface area contributed by atoms with E-state index < -0.39 is 68.8 Å². The molecule has 0 fully saturated rings. The lowest BCUT2D eigenvalue weighted by molar-refractivity contribution is 0.438. The molecule has 0 heterocycles. The van der Waals surface area contributed by atoms with Gasteiger partial charge in [0.2, 0.25) is 0 Å². The fourth-order valence-corrected chi connectivity index (χ4v) is 2.87. The Morgan fingerprint density at radius 3 is 1.32 bits per heavy atom. The van der Waals surface area contributed by atoms with Crippen LogP contribution in [0.1, 0.15) is 11.1 Å². The Balaban J connectivity index is 2.42. The van der Waals surface area contributed by atoms with Crippen LogP contribution >= 0.6 is 0 Å². The number of halogens is 8. The highest BCUT2D eigenvalue weighted by Crippen LogP contribution is 2.40. The summed E-state index contributed by atoms with van der Waals surface area (Å²) in [6.45, 7) is 2.25. The van der Waals surface area contributed by atoms with Crippen molar-refractivity contribution in [1.29, 1.82) is 0 Å². The molecule has 0 amide bonds. The summed E-state index contributed by atoms with van der Waals surface area (Å²) in [7, 11) is 0. The summed E-state index contributed by atoms with van der Waals surface area (Å²) < 4.78 is 114. The summed E-state index contributed by atoms with van der Waals surface area (Å²) in [6, 6.07) is 5.33. The average molecular weight is 402 g/mol. The SMILES string of the molecule is Cc1cccc(-c2c(F)c(F)c(-c3c(F)c(F)c(C)c(F)c3F)c(F)c2F)c1. The zero-order valence-electron chi connectivity index (χ0n) is 14.3. The van der Waals surface area contributed by atoms with Crippen molar-refractivity contribution < 1.29 is 35.1 Å². The molecule has 0 bridgehead atoms. The van der Waals surface area contributed by atoms with Gasteiger partial charge in [0.15, 0.2) is 46.5 Å². The summed E-state index contributed by atoms with van der Waals surface area (Å²) in [5, 5.41) is 0. The van der Waals surface area contributed by atoms with Gasteiger partial charge in [0, 0.05) is 5.56 Å². The molecule has 0 unspecified atom stereocenters. The van der Waals surface area contributed by atoms with Crippen molar-refractivity contribution in [2.75, 3.05) is 0 Å². The van der Waals surface area contributed by atoms with Gasteiger partial charge in [-0.25, -0.2) is 35.1 Å². The summed E-state index contributed by atoms with van der Waals surface area (Å²) in [5.41, 5.74) is -5.67. The van der Waals surface area contributed by atoms with Gasteiger partial charge in [0.05, 0.1) is 16.7 Å². The molecule has 0 saturated carbocycles. The summed E-state index contributed by atoms with van der Waals surface area (Å²) >= 11 is 0. The second kappa shape index (κ2) is 6.92. The second-order valence-corrected chi connectivity index (χ2v) is 6.13. The first-order chi connectivity index (χ1) is 13.1. The van der Waals surface area contributed by atoms with Crippen LogP contribution < -0.4 is 0 Å². The Morgan fingerprint density at radius 1 is 0.500 bits per heavy atom. The maximum atomic E-state index is 14.5. The lowest BCUT2D eigenvalue weighted by atomic mass is 9.95. The van der Waals surface area contributed by atoms with Gasteiger partial charge < -0.3 is 0 Å². The third-order valence-electron chi connectivity index (χ3n) is 4.30. The van der Waals surface area contributed by atoms with E-state index in [1.165, 1.54) is 18.2 Å². The van der Waals surface area contributed by atoms with E-state index in [4.69, 9.17) is 0 Å². The normalized spacial score (nSPS) is 11.2. The summed E-state index contributed by atoms with van der Waals surface area (Å²) in [6.07, 6.45) is 0. The molecule has 28 heavy (non-hydrogen) atoms. The van der Waals surface area contributed by atoms with Crippen LogP contribution in [-0.4, -0.2) is 0 Å². The van der Waals surface area contributed by atoms with E-state index in [1.54, 1.807) is 13.0 Å². The van der Waals surface area contributed by atoms with Crippen molar-refractivity contribution in [3.05, 3.63) is 81.9 Å². The molecule has 0 aliphatic heterocycles. The van der Waals surface area contributed by atoms with E-state index in [1.807, 2.05) is 0 Å². The van der Waals surface area contributed by atoms with E-state index in [0.29, 0.717) is 12.5 Å². The summed E-state index contributed by atoms with van der Waals surface area (Å²) in [4.78, 5) is 0. The van der Waals surface area contributed by atoms with E-state index in [0.717, 1.165) is 0 Å². The lowest BCUT2D eigenvalue weighted by Crippen LogP contribution is -2.09. The third kappa shape index (κ3) is 2.83. The van der Waals surface area contributed by atoms with Gasteiger partial charge in [-0.2, -0.15) is 0 Å². The molecule has 0 aliphatic rings. The molecule has 3 aromatic carbocycles. The van der Waals surface area contributed by atoms with Gasteiger partial charge in [0.25, 0.3) is 0 Å². The molecular weight excluding hydrogens is 392 g/mol. The van der Waals surface area contributed by atoms with E-state index in [-0.39, 0.29) is 5.56 Å². The first-order valence-corrected chi connectivity index (χ1v) is 7.83. The van der Waals surface area contributed by atoms with Crippen LogP contribution in [0.15, 0.2) is 24.3 Å². The van der Waals surface area contributed by atoms with Gasteiger partial charge in [-0.3, -0.25) is 0 Å². The molecule has 0 aliphatic carbocycles. The van der Waals surface area contributed by atoms with Gasteiger partial charge in [0.1, 0.15) is 0 Å². The van der Waals surface area contributed by atoms with Gasteiger partial charge in [-0.1, -0.05) is 29.8 Å². The molecule has 0 radical (unpaired) electrons. The zero-order chi connectivity index (χ0) is 20.9. The van der Waals surface area contributed by atoms with Crippen molar-refractivity contribution >= 4 is 0 Å². The van der Waals surface area contributed by atoms with Crippen molar-refractivity contribution in [3.8, 4) is 22.3 Å². The van der Waals surface area contributed by atoms with Gasteiger partial charge in [-0.05, 0) is 19.4 Å². The Hall–Kier alpha value is -2.90. The van der Waals surface area contributed by atoms with Gasteiger partial charge >= 0.3 is 0 Å². The fourth-order valence-electron chi connectivity index (χ4n) is 2.87. The molecule has 146 valence electrons. The average Bonchev–Trinajstić information content (AvgIpc) is 2.66. The standard InChI is InChI=1S/C20H10F8/c1-7-4-3-5-9(6-7)10-15(23)19(27)12(20(28)16(10)24)11-17(25)13(21)8(2)14(22)18(11)26/h3-6H,1-2H3. The number of benzene rings is 3. The second-order valence-electron chi connectivity index (χ2n) is 6.13. The Bertz CT molecular complexity index is 1060. The van der Waals surface area contributed by atoms with Crippen LogP contribution in [0.4, 0.5) is 35.1 Å². The number of hydrogen-bond acceptors (Lipinski definition) is 0. The highest BCUT2D eigenvalue weighted by atomic mass is 19.2. The molecule has 0 aromatic heterocycles. The maximum Gasteiger partial charge on any atom is 0.170 e. The minimum absolute atomic E-state index is 0.235. The van der Waals surface area contributed by atoms with Crippen molar-refractivity contribution in [2.45, 2.75) is 13.8 Å². The van der Waals surface area contributed by atoms with Gasteiger partial charge in [-0.15, -0.1) is 0 Å². The number of aryl methyl sites for hydroxylation is 1. The molecule has 0 spiro atoms. The molecule has 0 atom stereocenters. The number of rotatable bonds is 2. The topological polar surface area (TPSA) is 0 Å². The molecule has 3 rings (SSSR count). The van der Waals surface area contributed by atoms with E-state index >= 15 is 0 Å². The van der Waals surface area contributed by atoms with Crippen LogP contribution in [0.3, 0.4) is 0 Å².